The van der Waals surface area contributed by atoms with Gasteiger partial charge >= 0.3 is 0 Å². The molecular formula is C17H33BO. The van der Waals surface area contributed by atoms with Crippen LogP contribution in [0.5, 0.6) is 0 Å². The average Bonchev–Trinajstić information content (AvgIpc) is 2.36. The Balaban J connectivity index is 1.97. The third-order valence-electron chi connectivity index (χ3n) is 6.61. The van der Waals surface area contributed by atoms with E-state index in [1.165, 1.54) is 32.0 Å². The van der Waals surface area contributed by atoms with E-state index in [-0.39, 0.29) is 0 Å². The van der Waals surface area contributed by atoms with Crippen LogP contribution in [-0.4, -0.2) is 14.0 Å². The first-order valence-corrected chi connectivity index (χ1v) is 8.44. The van der Waals surface area contributed by atoms with Crippen molar-refractivity contribution in [1.29, 1.82) is 0 Å². The van der Waals surface area contributed by atoms with Crippen molar-refractivity contribution < 1.29 is 4.65 Å². The zero-order valence-corrected chi connectivity index (χ0v) is 13.9. The quantitative estimate of drug-likeness (QED) is 0.604. The number of hydrogen-bond donors (Lipinski definition) is 0. The Hall–Kier alpha value is 0.0249. The molecule has 0 aromatic rings. The molecule has 2 heteroatoms. The molecule has 3 aliphatic carbocycles. The van der Waals surface area contributed by atoms with Gasteiger partial charge in [0.05, 0.1) is 0 Å². The minimum atomic E-state index is 0.498. The van der Waals surface area contributed by atoms with E-state index in [1.807, 2.05) is 7.11 Å². The van der Waals surface area contributed by atoms with Crippen LogP contribution in [0.1, 0.15) is 60.3 Å². The van der Waals surface area contributed by atoms with E-state index in [4.69, 9.17) is 4.65 Å². The van der Waals surface area contributed by atoms with Gasteiger partial charge in [-0.15, -0.1) is 0 Å². The molecule has 1 nitrogen and oxygen atoms in total. The molecule has 0 amide bonds. The molecule has 0 saturated heterocycles. The van der Waals surface area contributed by atoms with Gasteiger partial charge in [0.25, 0.3) is 6.92 Å². The molecule has 2 bridgehead atoms. The monoisotopic (exact) mass is 264 g/mol. The molecule has 19 heavy (non-hydrogen) atoms. The summed E-state index contributed by atoms with van der Waals surface area (Å²) in [5.74, 6) is 4.36. The predicted octanol–water partition coefficient (Wildman–Crippen LogP) is 5.13. The van der Waals surface area contributed by atoms with Crippen molar-refractivity contribution in [3.8, 4) is 0 Å². The van der Waals surface area contributed by atoms with Gasteiger partial charge in [-0.05, 0) is 47.6 Å². The predicted molar refractivity (Wildman–Crippen MR) is 84.6 cm³/mol. The van der Waals surface area contributed by atoms with E-state index in [1.54, 1.807) is 0 Å². The Morgan fingerprint density at radius 1 is 1.32 bits per heavy atom. The summed E-state index contributed by atoms with van der Waals surface area (Å²) in [5.41, 5.74) is 0.600. The lowest BCUT2D eigenvalue weighted by atomic mass is 9.34. The van der Waals surface area contributed by atoms with Crippen molar-refractivity contribution in [2.75, 3.05) is 7.11 Å². The minimum Gasteiger partial charge on any atom is -0.438 e. The standard InChI is InChI=1S/C17H33BO/c1-7-8-12(2)11-18(19-6)16-10-14-9-15(13(16)3)17(14,4)5/h12-16H,7-11H2,1-6H3/t12?,13-,14+,15+,16+/m0/s1. The molecule has 0 N–H and O–H groups in total. The van der Waals surface area contributed by atoms with Crippen LogP contribution in [0.15, 0.2) is 0 Å². The van der Waals surface area contributed by atoms with Crippen LogP contribution in [-0.2, 0) is 4.65 Å². The smallest absolute Gasteiger partial charge is 0.296 e. The molecule has 3 aliphatic rings. The first kappa shape index (κ1) is 15.4. The van der Waals surface area contributed by atoms with Gasteiger partial charge < -0.3 is 4.65 Å². The van der Waals surface area contributed by atoms with Gasteiger partial charge in [0, 0.05) is 7.11 Å². The molecule has 0 aromatic heterocycles. The molecule has 3 saturated carbocycles. The Morgan fingerprint density at radius 3 is 2.47 bits per heavy atom. The van der Waals surface area contributed by atoms with Crippen LogP contribution in [0.2, 0.25) is 12.1 Å². The highest BCUT2D eigenvalue weighted by Gasteiger charge is 2.57. The highest BCUT2D eigenvalue weighted by Crippen LogP contribution is 2.65. The van der Waals surface area contributed by atoms with E-state index in [0.29, 0.717) is 12.3 Å². The van der Waals surface area contributed by atoms with E-state index in [0.717, 1.165) is 29.5 Å². The maximum absolute atomic E-state index is 5.91. The summed E-state index contributed by atoms with van der Waals surface area (Å²) in [6.07, 6.45) is 6.79. The zero-order chi connectivity index (χ0) is 14.2. The van der Waals surface area contributed by atoms with Crippen LogP contribution in [0.25, 0.3) is 0 Å². The molecule has 0 aromatic carbocycles. The third kappa shape index (κ3) is 2.75. The molecule has 110 valence electrons. The average molecular weight is 264 g/mol. The van der Waals surface area contributed by atoms with E-state index in [2.05, 4.69) is 34.6 Å². The minimum absolute atomic E-state index is 0.498. The van der Waals surface area contributed by atoms with Crippen molar-refractivity contribution in [3.63, 3.8) is 0 Å². The summed E-state index contributed by atoms with van der Waals surface area (Å²) in [5, 5.41) is 0. The van der Waals surface area contributed by atoms with Crippen LogP contribution in [0, 0.1) is 29.1 Å². The van der Waals surface area contributed by atoms with Crippen molar-refractivity contribution in [3.05, 3.63) is 0 Å². The van der Waals surface area contributed by atoms with Gasteiger partial charge in [0.15, 0.2) is 0 Å². The normalized spacial score (nSPS) is 37.6. The van der Waals surface area contributed by atoms with Gasteiger partial charge in [-0.25, -0.2) is 0 Å². The summed E-state index contributed by atoms with van der Waals surface area (Å²) < 4.78 is 5.91. The van der Waals surface area contributed by atoms with Gasteiger partial charge in [-0.2, -0.15) is 0 Å². The van der Waals surface area contributed by atoms with Crippen LogP contribution in [0.3, 0.4) is 0 Å². The Morgan fingerprint density at radius 2 is 2.00 bits per heavy atom. The highest BCUT2D eigenvalue weighted by atomic mass is 16.4. The highest BCUT2D eigenvalue weighted by molar-refractivity contribution is 6.53. The lowest BCUT2D eigenvalue weighted by molar-refractivity contribution is -0.101. The molecule has 5 atom stereocenters. The first-order chi connectivity index (χ1) is 8.91. The first-order valence-electron chi connectivity index (χ1n) is 8.44. The lowest BCUT2D eigenvalue weighted by Crippen LogP contribution is -2.56. The maximum atomic E-state index is 5.91. The summed E-state index contributed by atoms with van der Waals surface area (Å²) in [4.78, 5) is 0. The largest absolute Gasteiger partial charge is 0.438 e. The number of rotatable bonds is 6. The fourth-order valence-electron chi connectivity index (χ4n) is 5.13. The van der Waals surface area contributed by atoms with Crippen LogP contribution >= 0.6 is 0 Å². The fraction of sp³-hybridized carbons (Fsp3) is 1.00. The second-order valence-electron chi connectivity index (χ2n) is 8.02. The van der Waals surface area contributed by atoms with Crippen molar-refractivity contribution in [2.24, 2.45) is 29.1 Å². The van der Waals surface area contributed by atoms with Gasteiger partial charge in [-0.1, -0.05) is 53.9 Å². The van der Waals surface area contributed by atoms with Crippen molar-refractivity contribution >= 4 is 6.92 Å². The molecule has 1 unspecified atom stereocenters. The second kappa shape index (κ2) is 5.80. The summed E-state index contributed by atoms with van der Waals surface area (Å²) >= 11 is 0. The third-order valence-corrected chi connectivity index (χ3v) is 6.61. The topological polar surface area (TPSA) is 9.23 Å². The molecule has 0 spiro atoms. The van der Waals surface area contributed by atoms with Crippen molar-refractivity contribution in [2.45, 2.75) is 72.4 Å². The molecule has 3 rings (SSSR count). The van der Waals surface area contributed by atoms with Crippen LogP contribution in [0.4, 0.5) is 0 Å². The Bertz CT molecular complexity index is 302. The van der Waals surface area contributed by atoms with Gasteiger partial charge in [0.2, 0.25) is 0 Å². The molecular weight excluding hydrogens is 231 g/mol. The number of hydrogen-bond acceptors (Lipinski definition) is 1. The SMILES string of the molecule is CCCC(C)CB(OC)[C@@H]1C[C@H]2C[C@H]([C@@H]1C)C2(C)C. The fourth-order valence-corrected chi connectivity index (χ4v) is 5.13. The van der Waals surface area contributed by atoms with E-state index >= 15 is 0 Å². The lowest BCUT2D eigenvalue weighted by Gasteiger charge is -2.62. The molecule has 3 fully saturated rings. The summed E-state index contributed by atoms with van der Waals surface area (Å²) in [6.45, 7) is 12.6. The molecule has 0 aliphatic heterocycles. The zero-order valence-electron chi connectivity index (χ0n) is 13.9. The van der Waals surface area contributed by atoms with E-state index in [9.17, 15) is 0 Å². The maximum Gasteiger partial charge on any atom is 0.296 e. The van der Waals surface area contributed by atoms with Crippen LogP contribution < -0.4 is 0 Å². The number of fused-ring (bicyclic) bond motifs is 2. The molecule has 0 heterocycles. The Labute approximate surface area is 121 Å². The van der Waals surface area contributed by atoms with Gasteiger partial charge in [-0.3, -0.25) is 0 Å². The summed E-state index contributed by atoms with van der Waals surface area (Å²) in [6, 6.07) is 0. The van der Waals surface area contributed by atoms with Gasteiger partial charge in [0.1, 0.15) is 0 Å². The molecule has 0 radical (unpaired) electrons. The van der Waals surface area contributed by atoms with E-state index < -0.39 is 0 Å². The van der Waals surface area contributed by atoms with Crippen molar-refractivity contribution in [1.82, 2.24) is 0 Å². The Kier molecular flexibility index (Phi) is 4.70. The summed E-state index contributed by atoms with van der Waals surface area (Å²) in [7, 11) is 1.93. The second-order valence-corrected chi connectivity index (χ2v) is 8.02.